The maximum Gasteiger partial charge on any atom is 0.186 e. The molecule has 0 aliphatic carbocycles. The molecule has 1 fully saturated rings. The molecule has 0 saturated carbocycles. The molecule has 1 atom stereocenters. The third kappa shape index (κ3) is 2.44. The first-order chi connectivity index (χ1) is 6.79. The zero-order chi connectivity index (χ0) is 9.97. The van der Waals surface area contributed by atoms with E-state index < -0.39 is 0 Å². The summed E-state index contributed by atoms with van der Waals surface area (Å²) in [6.07, 6.45) is 1.26. The minimum Gasteiger partial charge on any atom is -0.346 e. The average molecular weight is 293 g/mol. The van der Waals surface area contributed by atoms with Gasteiger partial charge in [0.1, 0.15) is 4.60 Å². The molecule has 0 aromatic carbocycles. The van der Waals surface area contributed by atoms with Crippen LogP contribution in [0.5, 0.6) is 0 Å². The van der Waals surface area contributed by atoms with Crippen LogP contribution in [0.3, 0.4) is 0 Å². The van der Waals surface area contributed by atoms with E-state index >= 15 is 0 Å². The molecule has 1 aromatic heterocycles. The van der Waals surface area contributed by atoms with Crippen molar-refractivity contribution in [1.82, 2.24) is 4.98 Å². The molecule has 2 nitrogen and oxygen atoms in total. The Balaban J connectivity index is 2.04. The van der Waals surface area contributed by atoms with Crippen molar-refractivity contribution in [1.29, 1.82) is 0 Å². The fourth-order valence-corrected chi connectivity index (χ4v) is 4.00. The van der Waals surface area contributed by atoms with Crippen LogP contribution in [0.1, 0.15) is 13.3 Å². The summed E-state index contributed by atoms with van der Waals surface area (Å²) in [5, 5.41) is 4.00. The smallest absolute Gasteiger partial charge is 0.186 e. The highest BCUT2D eigenvalue weighted by molar-refractivity contribution is 9.10. The Labute approximate surface area is 101 Å². The quantitative estimate of drug-likeness (QED) is 0.833. The third-order valence-corrected chi connectivity index (χ3v) is 5.31. The lowest BCUT2D eigenvalue weighted by Crippen LogP contribution is -2.37. The van der Waals surface area contributed by atoms with E-state index in [-0.39, 0.29) is 0 Å². The van der Waals surface area contributed by atoms with E-state index in [1.165, 1.54) is 12.2 Å². The van der Waals surface area contributed by atoms with E-state index in [9.17, 15) is 0 Å². The van der Waals surface area contributed by atoms with Gasteiger partial charge >= 0.3 is 0 Å². The van der Waals surface area contributed by atoms with Gasteiger partial charge in [-0.2, -0.15) is 11.8 Å². The summed E-state index contributed by atoms with van der Waals surface area (Å²) in [4.78, 5) is 6.86. The van der Waals surface area contributed by atoms with Crippen LogP contribution in [0.25, 0.3) is 0 Å². The minimum absolute atomic E-state index is 0.784. The first-order valence-electron chi connectivity index (χ1n) is 4.77. The van der Waals surface area contributed by atoms with E-state index in [0.717, 1.165) is 28.1 Å². The molecule has 0 N–H and O–H groups in total. The van der Waals surface area contributed by atoms with Gasteiger partial charge in [-0.05, 0) is 22.4 Å². The first-order valence-corrected chi connectivity index (χ1v) is 7.49. The van der Waals surface area contributed by atoms with Gasteiger partial charge in [0, 0.05) is 29.5 Å². The van der Waals surface area contributed by atoms with Gasteiger partial charge in [-0.3, -0.25) is 0 Å². The molecular formula is C9H13BrN2S2. The van der Waals surface area contributed by atoms with Crippen LogP contribution in [0.2, 0.25) is 0 Å². The zero-order valence-corrected chi connectivity index (χ0v) is 11.3. The first kappa shape index (κ1) is 10.8. The molecule has 0 amide bonds. The second-order valence-electron chi connectivity index (χ2n) is 3.30. The Morgan fingerprint density at radius 3 is 3.21 bits per heavy atom. The van der Waals surface area contributed by atoms with E-state index in [4.69, 9.17) is 0 Å². The molecule has 1 aromatic rings. The second kappa shape index (κ2) is 4.86. The Bertz CT molecular complexity index is 303. The predicted octanol–water partition coefficient (Wildman–Crippen LogP) is 3.24. The molecule has 5 heteroatoms. The fraction of sp³-hybridized carbons (Fsp3) is 0.667. The van der Waals surface area contributed by atoms with Crippen LogP contribution in [-0.4, -0.2) is 29.1 Å². The van der Waals surface area contributed by atoms with Crippen molar-refractivity contribution >= 4 is 44.2 Å². The van der Waals surface area contributed by atoms with Crippen LogP contribution >= 0.6 is 39.0 Å². The number of thiazole rings is 1. The molecule has 2 rings (SSSR count). The molecule has 14 heavy (non-hydrogen) atoms. The molecule has 0 radical (unpaired) electrons. The molecule has 1 saturated heterocycles. The SMILES string of the molecule is CCC1CN(c2nc(Br)cs2)CCS1. The summed E-state index contributed by atoms with van der Waals surface area (Å²) >= 11 is 7.22. The standard InChI is InChI=1S/C9H13BrN2S2/c1-2-7-5-12(3-4-13-7)9-11-8(10)6-14-9/h6-7H,2-5H2,1H3. The lowest BCUT2D eigenvalue weighted by atomic mass is 10.3. The topological polar surface area (TPSA) is 16.1 Å². The third-order valence-electron chi connectivity index (χ3n) is 2.33. The summed E-state index contributed by atoms with van der Waals surface area (Å²) in [5.74, 6) is 1.23. The number of anilines is 1. The number of hydrogen-bond donors (Lipinski definition) is 0. The number of rotatable bonds is 2. The number of hydrogen-bond acceptors (Lipinski definition) is 4. The van der Waals surface area contributed by atoms with Crippen molar-refractivity contribution < 1.29 is 0 Å². The van der Waals surface area contributed by atoms with Gasteiger partial charge in [-0.1, -0.05) is 6.92 Å². The highest BCUT2D eigenvalue weighted by Crippen LogP contribution is 2.29. The van der Waals surface area contributed by atoms with Crippen molar-refractivity contribution in [3.63, 3.8) is 0 Å². The Morgan fingerprint density at radius 1 is 1.71 bits per heavy atom. The predicted molar refractivity (Wildman–Crippen MR) is 68.6 cm³/mol. The van der Waals surface area contributed by atoms with E-state index in [1.54, 1.807) is 11.3 Å². The molecule has 0 bridgehead atoms. The van der Waals surface area contributed by atoms with Crippen molar-refractivity contribution in [2.45, 2.75) is 18.6 Å². The number of halogens is 1. The minimum atomic E-state index is 0.784. The zero-order valence-electron chi connectivity index (χ0n) is 8.07. The van der Waals surface area contributed by atoms with Crippen molar-refractivity contribution in [2.24, 2.45) is 0 Å². The molecule has 2 heterocycles. The summed E-state index contributed by atoms with van der Waals surface area (Å²) in [7, 11) is 0. The van der Waals surface area contributed by atoms with Gasteiger partial charge in [-0.25, -0.2) is 4.98 Å². The molecule has 1 unspecified atom stereocenters. The number of nitrogens with zero attached hydrogens (tertiary/aromatic N) is 2. The highest BCUT2D eigenvalue weighted by Gasteiger charge is 2.20. The Morgan fingerprint density at radius 2 is 2.57 bits per heavy atom. The average Bonchev–Trinajstić information content (AvgIpc) is 2.65. The van der Waals surface area contributed by atoms with Gasteiger partial charge in [0.2, 0.25) is 0 Å². The van der Waals surface area contributed by atoms with Gasteiger partial charge in [-0.15, -0.1) is 11.3 Å². The van der Waals surface area contributed by atoms with Crippen molar-refractivity contribution in [3.8, 4) is 0 Å². The monoisotopic (exact) mass is 292 g/mol. The van der Waals surface area contributed by atoms with E-state index in [2.05, 4.69) is 49.9 Å². The summed E-state index contributed by atoms with van der Waals surface area (Å²) < 4.78 is 0.962. The second-order valence-corrected chi connectivity index (χ2v) is 6.36. The van der Waals surface area contributed by atoms with Crippen molar-refractivity contribution in [3.05, 3.63) is 9.98 Å². The van der Waals surface area contributed by atoms with E-state index in [1.807, 2.05) is 0 Å². The number of aromatic nitrogens is 1. The van der Waals surface area contributed by atoms with Crippen molar-refractivity contribution in [2.75, 3.05) is 23.7 Å². The molecule has 1 aliphatic rings. The summed E-state index contributed by atoms with van der Waals surface area (Å²) in [6, 6.07) is 0. The molecule has 0 spiro atoms. The molecule has 78 valence electrons. The summed E-state index contributed by atoms with van der Waals surface area (Å²) in [6.45, 7) is 4.56. The van der Waals surface area contributed by atoms with Crippen LogP contribution in [-0.2, 0) is 0 Å². The molecular weight excluding hydrogens is 280 g/mol. The lowest BCUT2D eigenvalue weighted by molar-refractivity contribution is 0.726. The van der Waals surface area contributed by atoms with Gasteiger partial charge in [0.05, 0.1) is 0 Å². The van der Waals surface area contributed by atoms with Crippen LogP contribution < -0.4 is 4.90 Å². The lowest BCUT2D eigenvalue weighted by Gasteiger charge is -2.31. The fourth-order valence-electron chi connectivity index (χ4n) is 1.53. The maximum absolute atomic E-state index is 4.45. The van der Waals surface area contributed by atoms with E-state index in [0.29, 0.717) is 0 Å². The number of thioether (sulfide) groups is 1. The van der Waals surface area contributed by atoms with Gasteiger partial charge in [0.15, 0.2) is 5.13 Å². The molecule has 1 aliphatic heterocycles. The Kier molecular flexibility index (Phi) is 3.73. The normalized spacial score (nSPS) is 22.7. The largest absolute Gasteiger partial charge is 0.346 e. The van der Waals surface area contributed by atoms with Crippen LogP contribution in [0.4, 0.5) is 5.13 Å². The summed E-state index contributed by atoms with van der Waals surface area (Å²) in [5.41, 5.74) is 0. The Hall–Kier alpha value is 0.260. The maximum atomic E-state index is 4.45. The highest BCUT2D eigenvalue weighted by atomic mass is 79.9. The van der Waals surface area contributed by atoms with Gasteiger partial charge < -0.3 is 4.90 Å². The van der Waals surface area contributed by atoms with Crippen LogP contribution in [0, 0.1) is 0 Å². The van der Waals surface area contributed by atoms with Gasteiger partial charge in [0.25, 0.3) is 0 Å². The van der Waals surface area contributed by atoms with Crippen LogP contribution in [0.15, 0.2) is 9.98 Å².